The molecule has 5 heteroatoms. The number of amides is 1. The number of ether oxygens (including phenoxy) is 1. The summed E-state index contributed by atoms with van der Waals surface area (Å²) in [5.74, 6) is 0.926. The Balaban J connectivity index is 1.86. The maximum absolute atomic E-state index is 12.4. The molecule has 4 nitrogen and oxygen atoms in total. The van der Waals surface area contributed by atoms with Gasteiger partial charge in [0.25, 0.3) is 5.91 Å². The summed E-state index contributed by atoms with van der Waals surface area (Å²) in [6, 6.07) is 14.6. The molecule has 0 fully saturated rings. The minimum absolute atomic E-state index is 0.297. The van der Waals surface area contributed by atoms with Crippen molar-refractivity contribution < 1.29 is 9.53 Å². The zero-order valence-corrected chi connectivity index (χ0v) is 16.8. The van der Waals surface area contributed by atoms with E-state index in [1.165, 1.54) is 0 Å². The lowest BCUT2D eigenvalue weighted by Gasteiger charge is -2.14. The predicted molar refractivity (Wildman–Crippen MR) is 115 cm³/mol. The monoisotopic (exact) mass is 392 g/mol. The Morgan fingerprint density at radius 2 is 1.89 bits per heavy atom. The Kier molecular flexibility index (Phi) is 5.81. The number of carbonyl (C=O) groups is 1. The van der Waals surface area contributed by atoms with Crippen LogP contribution in [0.4, 0.5) is 5.82 Å². The zero-order chi connectivity index (χ0) is 20.3. The number of benzene rings is 2. The molecule has 3 rings (SSSR count). The highest BCUT2D eigenvalue weighted by molar-refractivity contribution is 6.34. The number of aryl methyl sites for hydroxylation is 1. The molecule has 0 aliphatic rings. The fourth-order valence-corrected chi connectivity index (χ4v) is 3.18. The Hall–Kier alpha value is -3.11. The highest BCUT2D eigenvalue weighted by Gasteiger charge is 2.13. The van der Waals surface area contributed by atoms with Crippen LogP contribution in [0.15, 0.2) is 61.3 Å². The van der Waals surface area contributed by atoms with Gasteiger partial charge in [0, 0.05) is 17.3 Å². The Morgan fingerprint density at radius 1 is 1.14 bits per heavy atom. The molecule has 0 saturated heterocycles. The number of hydrogen-bond acceptors (Lipinski definition) is 3. The van der Waals surface area contributed by atoms with E-state index >= 15 is 0 Å². The molecule has 0 unspecified atom stereocenters. The van der Waals surface area contributed by atoms with Crippen LogP contribution in [0, 0.1) is 6.92 Å². The first kappa shape index (κ1) is 19.6. The van der Waals surface area contributed by atoms with E-state index in [-0.39, 0.29) is 5.91 Å². The normalized spacial score (nSPS) is 10.4. The predicted octanol–water partition coefficient (Wildman–Crippen LogP) is 6.00. The van der Waals surface area contributed by atoms with E-state index in [1.807, 2.05) is 26.0 Å². The molecule has 0 saturated carbocycles. The van der Waals surface area contributed by atoms with Gasteiger partial charge in [-0.15, -0.1) is 0 Å². The van der Waals surface area contributed by atoms with E-state index in [4.69, 9.17) is 16.3 Å². The molecule has 0 radical (unpaired) electrons. The van der Waals surface area contributed by atoms with Gasteiger partial charge in [0.05, 0.1) is 17.7 Å². The average Bonchev–Trinajstić information content (AvgIpc) is 2.68. The number of pyridine rings is 1. The number of nitrogens with zero attached hydrogens (tertiary/aromatic N) is 1. The van der Waals surface area contributed by atoms with Crippen molar-refractivity contribution in [2.45, 2.75) is 13.8 Å². The standard InChI is InChI=1S/C23H21ClN2O2/c1-14(2)18-11-15(3)19(12-21(18)28-4)16-9-10-22(25-13-16)26-23(27)17-7-5-6-8-20(17)24/h5-13H,1H2,2-4H3,(H,25,26,27). The summed E-state index contributed by atoms with van der Waals surface area (Å²) in [7, 11) is 1.65. The number of anilines is 1. The lowest BCUT2D eigenvalue weighted by Crippen LogP contribution is -2.13. The summed E-state index contributed by atoms with van der Waals surface area (Å²) in [5, 5.41) is 3.17. The van der Waals surface area contributed by atoms with Crippen molar-refractivity contribution in [2.75, 3.05) is 12.4 Å². The van der Waals surface area contributed by atoms with Gasteiger partial charge in [-0.2, -0.15) is 0 Å². The van der Waals surface area contributed by atoms with Gasteiger partial charge < -0.3 is 10.1 Å². The number of halogens is 1. The second-order valence-corrected chi connectivity index (χ2v) is 6.92. The van der Waals surface area contributed by atoms with E-state index < -0.39 is 0 Å². The molecule has 1 amide bonds. The van der Waals surface area contributed by atoms with Crippen LogP contribution < -0.4 is 10.1 Å². The molecule has 1 aromatic heterocycles. The second-order valence-electron chi connectivity index (χ2n) is 6.51. The molecule has 0 bridgehead atoms. The fraction of sp³-hybridized carbons (Fsp3) is 0.130. The van der Waals surface area contributed by atoms with Crippen molar-refractivity contribution in [1.82, 2.24) is 4.98 Å². The zero-order valence-electron chi connectivity index (χ0n) is 16.0. The quantitative estimate of drug-likeness (QED) is 0.578. The average molecular weight is 393 g/mol. The van der Waals surface area contributed by atoms with Crippen LogP contribution in [-0.4, -0.2) is 18.0 Å². The van der Waals surface area contributed by atoms with Gasteiger partial charge in [-0.25, -0.2) is 4.98 Å². The van der Waals surface area contributed by atoms with Gasteiger partial charge in [-0.3, -0.25) is 4.79 Å². The van der Waals surface area contributed by atoms with Crippen LogP contribution in [0.5, 0.6) is 5.75 Å². The largest absolute Gasteiger partial charge is 0.496 e. The first-order valence-corrected chi connectivity index (χ1v) is 9.15. The molecule has 0 aliphatic carbocycles. The minimum atomic E-state index is -0.297. The third kappa shape index (κ3) is 4.07. The van der Waals surface area contributed by atoms with Crippen LogP contribution in [-0.2, 0) is 0 Å². The van der Waals surface area contributed by atoms with Crippen LogP contribution in [0.3, 0.4) is 0 Å². The summed E-state index contributed by atoms with van der Waals surface area (Å²) in [6.45, 7) is 8.00. The van der Waals surface area contributed by atoms with Gasteiger partial charge in [0.2, 0.25) is 0 Å². The number of nitrogens with one attached hydrogen (secondary N) is 1. The van der Waals surface area contributed by atoms with Crippen molar-refractivity contribution in [3.8, 4) is 16.9 Å². The van der Waals surface area contributed by atoms with E-state index in [0.29, 0.717) is 16.4 Å². The third-order valence-corrected chi connectivity index (χ3v) is 4.77. The topological polar surface area (TPSA) is 51.2 Å². The second kappa shape index (κ2) is 8.28. The van der Waals surface area contributed by atoms with Crippen LogP contribution >= 0.6 is 11.6 Å². The number of allylic oxidation sites excluding steroid dienone is 1. The van der Waals surface area contributed by atoms with Gasteiger partial charge in [0.15, 0.2) is 0 Å². The highest BCUT2D eigenvalue weighted by Crippen LogP contribution is 2.33. The van der Waals surface area contributed by atoms with Crippen molar-refractivity contribution >= 4 is 28.9 Å². The fourth-order valence-electron chi connectivity index (χ4n) is 2.96. The molecule has 0 spiro atoms. The number of rotatable bonds is 5. The maximum Gasteiger partial charge on any atom is 0.258 e. The summed E-state index contributed by atoms with van der Waals surface area (Å²) in [6.07, 6.45) is 1.73. The lowest BCUT2D eigenvalue weighted by molar-refractivity contribution is 0.102. The van der Waals surface area contributed by atoms with Gasteiger partial charge >= 0.3 is 0 Å². The van der Waals surface area contributed by atoms with Crippen LogP contribution in [0.1, 0.15) is 28.4 Å². The van der Waals surface area contributed by atoms with Crippen molar-refractivity contribution in [1.29, 1.82) is 0 Å². The van der Waals surface area contributed by atoms with Gasteiger partial charge in [-0.05, 0) is 66.9 Å². The first-order valence-electron chi connectivity index (χ1n) is 8.77. The van der Waals surface area contributed by atoms with Gasteiger partial charge in [0.1, 0.15) is 11.6 Å². The summed E-state index contributed by atoms with van der Waals surface area (Å²) < 4.78 is 5.51. The number of methoxy groups -OCH3 is 1. The molecule has 2 aromatic carbocycles. The van der Waals surface area contributed by atoms with Gasteiger partial charge in [-0.1, -0.05) is 30.3 Å². The molecule has 0 aliphatic heterocycles. The van der Waals surface area contributed by atoms with Crippen molar-refractivity contribution in [3.63, 3.8) is 0 Å². The molecule has 1 heterocycles. The SMILES string of the molecule is C=C(C)c1cc(C)c(-c2ccc(NC(=O)c3ccccc3Cl)nc2)cc1OC. The van der Waals surface area contributed by atoms with E-state index in [2.05, 4.69) is 22.9 Å². The number of carbonyl (C=O) groups excluding carboxylic acids is 1. The Labute approximate surface area is 169 Å². The minimum Gasteiger partial charge on any atom is -0.496 e. The molecule has 1 N–H and O–H groups in total. The number of aromatic nitrogens is 1. The smallest absolute Gasteiger partial charge is 0.258 e. The molecule has 28 heavy (non-hydrogen) atoms. The van der Waals surface area contributed by atoms with E-state index in [1.54, 1.807) is 43.6 Å². The van der Waals surface area contributed by atoms with Crippen LogP contribution in [0.25, 0.3) is 16.7 Å². The Morgan fingerprint density at radius 3 is 2.50 bits per heavy atom. The first-order chi connectivity index (χ1) is 13.4. The summed E-state index contributed by atoms with van der Waals surface area (Å²) in [4.78, 5) is 16.7. The van der Waals surface area contributed by atoms with E-state index in [0.717, 1.165) is 33.6 Å². The third-order valence-electron chi connectivity index (χ3n) is 4.44. The summed E-state index contributed by atoms with van der Waals surface area (Å²) >= 11 is 6.07. The van der Waals surface area contributed by atoms with Crippen molar-refractivity contribution in [3.05, 3.63) is 83.0 Å². The molecular weight excluding hydrogens is 372 g/mol. The molecule has 142 valence electrons. The maximum atomic E-state index is 12.4. The molecule has 0 atom stereocenters. The molecule has 3 aromatic rings. The van der Waals surface area contributed by atoms with Crippen molar-refractivity contribution in [2.24, 2.45) is 0 Å². The summed E-state index contributed by atoms with van der Waals surface area (Å²) in [5.41, 5.74) is 5.38. The van der Waals surface area contributed by atoms with E-state index in [9.17, 15) is 4.79 Å². The van der Waals surface area contributed by atoms with Crippen LogP contribution in [0.2, 0.25) is 5.02 Å². The highest BCUT2D eigenvalue weighted by atomic mass is 35.5. The lowest BCUT2D eigenvalue weighted by atomic mass is 9.96. The Bertz CT molecular complexity index is 1040. The number of hydrogen-bond donors (Lipinski definition) is 1. The molecular formula is C23H21ClN2O2.